The minimum Gasteiger partial charge on any atom is -0.250 e. The van der Waals surface area contributed by atoms with Gasteiger partial charge in [0.1, 0.15) is 0 Å². The van der Waals surface area contributed by atoms with E-state index in [4.69, 9.17) is 5.26 Å². The van der Waals surface area contributed by atoms with Gasteiger partial charge >= 0.3 is 0 Å². The zero-order valence-corrected chi connectivity index (χ0v) is 13.4. The van der Waals surface area contributed by atoms with Crippen LogP contribution in [-0.4, -0.2) is 24.8 Å². The Bertz CT molecular complexity index is 758. The lowest BCUT2D eigenvalue weighted by Gasteiger charge is -2.16. The topological polar surface area (TPSA) is 74.1 Å². The SMILES string of the molecule is Cc1ncsc1CN(C)S(=O)(=O)c1ccc(CC#N)cc1. The Kier molecular flexibility index (Phi) is 4.73. The van der Waals surface area contributed by atoms with Gasteiger partial charge in [0.15, 0.2) is 0 Å². The van der Waals surface area contributed by atoms with Crippen LogP contribution in [0.3, 0.4) is 0 Å². The summed E-state index contributed by atoms with van der Waals surface area (Å²) in [6.07, 6.45) is 0.274. The van der Waals surface area contributed by atoms with E-state index in [1.54, 1.807) is 24.7 Å². The summed E-state index contributed by atoms with van der Waals surface area (Å²) in [5.41, 5.74) is 3.37. The largest absolute Gasteiger partial charge is 0.250 e. The number of benzene rings is 1. The molecule has 0 aliphatic rings. The highest BCUT2D eigenvalue weighted by molar-refractivity contribution is 7.89. The van der Waals surface area contributed by atoms with Gasteiger partial charge in [0, 0.05) is 18.5 Å². The number of nitrogens with zero attached hydrogens (tertiary/aromatic N) is 3. The first-order valence-electron chi connectivity index (χ1n) is 6.26. The molecule has 0 aliphatic carbocycles. The summed E-state index contributed by atoms with van der Waals surface area (Å²) < 4.78 is 26.3. The van der Waals surface area contributed by atoms with Gasteiger partial charge in [0.25, 0.3) is 0 Å². The van der Waals surface area contributed by atoms with E-state index >= 15 is 0 Å². The van der Waals surface area contributed by atoms with Crippen LogP contribution in [0, 0.1) is 18.3 Å². The molecule has 21 heavy (non-hydrogen) atoms. The normalized spacial score (nSPS) is 11.5. The molecule has 0 amide bonds. The lowest BCUT2D eigenvalue weighted by molar-refractivity contribution is 0.468. The van der Waals surface area contributed by atoms with E-state index in [1.807, 2.05) is 13.0 Å². The highest BCUT2D eigenvalue weighted by Gasteiger charge is 2.21. The number of nitriles is 1. The Labute approximate surface area is 128 Å². The second-order valence-electron chi connectivity index (χ2n) is 4.60. The van der Waals surface area contributed by atoms with E-state index in [0.717, 1.165) is 16.1 Å². The van der Waals surface area contributed by atoms with Crippen LogP contribution in [-0.2, 0) is 23.0 Å². The maximum absolute atomic E-state index is 12.5. The fourth-order valence-corrected chi connectivity index (χ4v) is 3.87. The summed E-state index contributed by atoms with van der Waals surface area (Å²) >= 11 is 1.44. The number of thiazole rings is 1. The highest BCUT2D eigenvalue weighted by atomic mass is 32.2. The molecule has 1 heterocycles. The summed E-state index contributed by atoms with van der Waals surface area (Å²) in [4.78, 5) is 5.29. The van der Waals surface area contributed by atoms with Crippen LogP contribution >= 0.6 is 11.3 Å². The first-order valence-corrected chi connectivity index (χ1v) is 8.58. The molecule has 7 heteroatoms. The minimum absolute atomic E-state index is 0.230. The first kappa shape index (κ1) is 15.6. The van der Waals surface area contributed by atoms with Crippen molar-refractivity contribution in [2.24, 2.45) is 0 Å². The Balaban J connectivity index is 2.21. The predicted molar refractivity (Wildman–Crippen MR) is 81.3 cm³/mol. The van der Waals surface area contributed by atoms with Gasteiger partial charge in [0.05, 0.1) is 28.6 Å². The average Bonchev–Trinajstić information content (AvgIpc) is 2.85. The van der Waals surface area contributed by atoms with E-state index in [1.165, 1.54) is 27.8 Å². The Morgan fingerprint density at radius 1 is 1.33 bits per heavy atom. The zero-order chi connectivity index (χ0) is 15.5. The van der Waals surface area contributed by atoms with Crippen molar-refractivity contribution >= 4 is 21.4 Å². The summed E-state index contributed by atoms with van der Waals surface area (Å²) in [5.74, 6) is 0. The van der Waals surface area contributed by atoms with Crippen LogP contribution in [0.4, 0.5) is 0 Å². The second kappa shape index (κ2) is 6.35. The monoisotopic (exact) mass is 321 g/mol. The number of rotatable bonds is 5. The maximum atomic E-state index is 12.5. The van der Waals surface area contributed by atoms with Gasteiger partial charge in [-0.1, -0.05) is 12.1 Å². The van der Waals surface area contributed by atoms with Crippen LogP contribution in [0.2, 0.25) is 0 Å². The fraction of sp³-hybridized carbons (Fsp3) is 0.286. The van der Waals surface area contributed by atoms with E-state index in [9.17, 15) is 8.42 Å². The zero-order valence-electron chi connectivity index (χ0n) is 11.8. The van der Waals surface area contributed by atoms with Crippen molar-refractivity contribution in [1.29, 1.82) is 5.26 Å². The summed E-state index contributed by atoms with van der Waals surface area (Å²) in [5, 5.41) is 8.63. The molecule has 5 nitrogen and oxygen atoms in total. The van der Waals surface area contributed by atoms with Crippen molar-refractivity contribution in [2.45, 2.75) is 24.8 Å². The molecule has 0 unspecified atom stereocenters. The Morgan fingerprint density at radius 2 is 2.00 bits per heavy atom. The van der Waals surface area contributed by atoms with E-state index < -0.39 is 10.0 Å². The standard InChI is InChI=1S/C14H15N3O2S2/c1-11-14(20-10-16-11)9-17(2)21(18,19)13-5-3-12(4-6-13)7-8-15/h3-6,10H,7,9H2,1-2H3. The molecule has 0 saturated carbocycles. The van der Waals surface area contributed by atoms with Gasteiger partial charge in [-0.25, -0.2) is 13.4 Å². The lowest BCUT2D eigenvalue weighted by atomic mass is 10.2. The molecule has 2 aromatic rings. The molecule has 0 radical (unpaired) electrons. The van der Waals surface area contributed by atoms with Crippen molar-refractivity contribution in [1.82, 2.24) is 9.29 Å². The van der Waals surface area contributed by atoms with Gasteiger partial charge in [-0.2, -0.15) is 9.57 Å². The van der Waals surface area contributed by atoms with E-state index in [0.29, 0.717) is 6.54 Å². The number of aryl methyl sites for hydroxylation is 1. The van der Waals surface area contributed by atoms with Crippen LogP contribution in [0.25, 0.3) is 0 Å². The third kappa shape index (κ3) is 3.47. The summed E-state index contributed by atoms with van der Waals surface area (Å²) in [7, 11) is -1.98. The fourth-order valence-electron chi connectivity index (χ4n) is 1.82. The third-order valence-corrected chi connectivity index (χ3v) is 5.86. The van der Waals surface area contributed by atoms with E-state index in [-0.39, 0.29) is 11.3 Å². The molecule has 0 fully saturated rings. The molecule has 0 spiro atoms. The van der Waals surface area contributed by atoms with Gasteiger partial charge in [-0.3, -0.25) is 0 Å². The molecule has 110 valence electrons. The number of hydrogen-bond donors (Lipinski definition) is 0. The van der Waals surface area contributed by atoms with Crippen LogP contribution in [0.15, 0.2) is 34.7 Å². The molecule has 0 saturated heterocycles. The third-order valence-electron chi connectivity index (χ3n) is 3.13. The highest BCUT2D eigenvalue weighted by Crippen LogP contribution is 2.20. The first-order chi connectivity index (χ1) is 9.95. The minimum atomic E-state index is -3.53. The lowest BCUT2D eigenvalue weighted by Crippen LogP contribution is -2.26. The Morgan fingerprint density at radius 3 is 2.52 bits per heavy atom. The van der Waals surface area contributed by atoms with Crippen molar-refractivity contribution in [3.63, 3.8) is 0 Å². The van der Waals surface area contributed by atoms with Crippen molar-refractivity contribution < 1.29 is 8.42 Å². The molecule has 0 bridgehead atoms. The molecule has 2 rings (SSSR count). The summed E-state index contributed by atoms with van der Waals surface area (Å²) in [6.45, 7) is 2.17. The van der Waals surface area contributed by atoms with Crippen LogP contribution < -0.4 is 0 Å². The molecular weight excluding hydrogens is 306 g/mol. The number of sulfonamides is 1. The molecule has 1 aromatic heterocycles. The smallest absolute Gasteiger partial charge is 0.243 e. The van der Waals surface area contributed by atoms with Crippen molar-refractivity contribution in [2.75, 3.05) is 7.05 Å². The van der Waals surface area contributed by atoms with Gasteiger partial charge in [0.2, 0.25) is 10.0 Å². The second-order valence-corrected chi connectivity index (χ2v) is 7.59. The maximum Gasteiger partial charge on any atom is 0.243 e. The number of aromatic nitrogens is 1. The van der Waals surface area contributed by atoms with Gasteiger partial charge in [-0.05, 0) is 24.6 Å². The van der Waals surface area contributed by atoms with Gasteiger partial charge in [-0.15, -0.1) is 11.3 Å². The molecule has 0 aliphatic heterocycles. The summed E-state index contributed by atoms with van der Waals surface area (Å²) in [6, 6.07) is 8.45. The molecule has 0 atom stereocenters. The van der Waals surface area contributed by atoms with E-state index in [2.05, 4.69) is 4.98 Å². The number of hydrogen-bond acceptors (Lipinski definition) is 5. The molecule has 0 N–H and O–H groups in total. The van der Waals surface area contributed by atoms with Gasteiger partial charge < -0.3 is 0 Å². The average molecular weight is 321 g/mol. The van der Waals surface area contributed by atoms with Crippen molar-refractivity contribution in [3.8, 4) is 6.07 Å². The molecule has 1 aromatic carbocycles. The molecular formula is C14H15N3O2S2. The predicted octanol–water partition coefficient (Wildman–Crippen LogP) is 2.34. The Hall–Kier alpha value is -1.75. The van der Waals surface area contributed by atoms with Crippen LogP contribution in [0.1, 0.15) is 16.1 Å². The van der Waals surface area contributed by atoms with Crippen molar-refractivity contribution in [3.05, 3.63) is 45.9 Å². The van der Waals surface area contributed by atoms with Crippen LogP contribution in [0.5, 0.6) is 0 Å². The quantitative estimate of drug-likeness (QED) is 0.847.